The molecule has 2 heterocycles. The average molecular weight is 419 g/mol. The van der Waals surface area contributed by atoms with Crippen LogP contribution in [-0.4, -0.2) is 34.3 Å². The number of ether oxygens (including phenoxy) is 1. The number of hydrogen-bond donors (Lipinski definition) is 0. The molecule has 30 heavy (non-hydrogen) atoms. The number of carbonyl (C=O) groups excluding carboxylic acids is 2. The highest BCUT2D eigenvalue weighted by atomic mass is 32.2. The van der Waals surface area contributed by atoms with E-state index in [0.717, 1.165) is 41.7 Å². The Kier molecular flexibility index (Phi) is 6.05. The van der Waals surface area contributed by atoms with Gasteiger partial charge in [0.2, 0.25) is 0 Å². The first-order valence-corrected chi connectivity index (χ1v) is 10.6. The van der Waals surface area contributed by atoms with Gasteiger partial charge in [0.25, 0.3) is 11.1 Å². The fourth-order valence-corrected chi connectivity index (χ4v) is 4.25. The van der Waals surface area contributed by atoms with E-state index in [1.807, 2.05) is 65.4 Å². The molecular weight excluding hydrogens is 396 g/mol. The van der Waals surface area contributed by atoms with E-state index in [2.05, 4.69) is 12.1 Å². The lowest BCUT2D eigenvalue weighted by atomic mass is 10.1. The van der Waals surface area contributed by atoms with Gasteiger partial charge in [-0.2, -0.15) is 0 Å². The molecule has 0 atom stereocenters. The maximum atomic E-state index is 12.8. The smallest absolute Gasteiger partial charge is 0.293 e. The van der Waals surface area contributed by atoms with Crippen molar-refractivity contribution in [3.05, 3.63) is 89.1 Å². The minimum atomic E-state index is -0.222. The summed E-state index contributed by atoms with van der Waals surface area (Å²) in [6, 6.07) is 21.6. The molecule has 0 aliphatic carbocycles. The Balaban J connectivity index is 1.46. The van der Waals surface area contributed by atoms with Crippen molar-refractivity contribution in [2.45, 2.75) is 12.8 Å². The second kappa shape index (κ2) is 9.05. The van der Waals surface area contributed by atoms with Crippen molar-refractivity contribution in [3.63, 3.8) is 0 Å². The SMILES string of the molecule is COc1ccc(-n2cccc2/C=C2/SC(=O)N(CCCc3ccccc3)C2=O)cc1. The van der Waals surface area contributed by atoms with E-state index in [9.17, 15) is 9.59 Å². The van der Waals surface area contributed by atoms with Crippen LogP contribution in [0, 0.1) is 0 Å². The van der Waals surface area contributed by atoms with Gasteiger partial charge in [-0.1, -0.05) is 30.3 Å². The molecule has 1 fully saturated rings. The van der Waals surface area contributed by atoms with E-state index in [0.29, 0.717) is 11.4 Å². The van der Waals surface area contributed by atoms with Gasteiger partial charge in [0, 0.05) is 24.1 Å². The third-order valence-corrected chi connectivity index (χ3v) is 5.88. The monoisotopic (exact) mass is 418 g/mol. The molecule has 3 aromatic rings. The third-order valence-electron chi connectivity index (χ3n) is 4.97. The first kappa shape index (κ1) is 20.0. The summed E-state index contributed by atoms with van der Waals surface area (Å²) in [7, 11) is 1.63. The van der Waals surface area contributed by atoms with Crippen LogP contribution in [0.25, 0.3) is 11.8 Å². The van der Waals surface area contributed by atoms with Crippen molar-refractivity contribution in [3.8, 4) is 11.4 Å². The molecule has 1 aliphatic rings. The lowest BCUT2D eigenvalue weighted by molar-refractivity contribution is -0.122. The van der Waals surface area contributed by atoms with Gasteiger partial charge in [0.15, 0.2) is 0 Å². The fourth-order valence-electron chi connectivity index (χ4n) is 3.40. The standard InChI is InChI=1S/C24H22N2O3S/c1-29-21-13-11-19(12-14-21)25-15-6-10-20(25)17-22-23(27)26(24(28)30-22)16-5-9-18-7-3-2-4-8-18/h2-4,6-8,10-15,17H,5,9,16H2,1H3/b22-17+. The van der Waals surface area contributed by atoms with Gasteiger partial charge in [-0.15, -0.1) is 0 Å². The number of imide groups is 1. The van der Waals surface area contributed by atoms with Crippen LogP contribution in [0.15, 0.2) is 77.8 Å². The highest BCUT2D eigenvalue weighted by Crippen LogP contribution is 2.33. The molecule has 0 radical (unpaired) electrons. The molecule has 2 aromatic carbocycles. The van der Waals surface area contributed by atoms with Gasteiger partial charge < -0.3 is 9.30 Å². The number of nitrogens with zero attached hydrogens (tertiary/aromatic N) is 2. The summed E-state index contributed by atoms with van der Waals surface area (Å²) in [5.41, 5.74) is 3.00. The van der Waals surface area contributed by atoms with Crippen LogP contribution in [0.1, 0.15) is 17.7 Å². The number of thioether (sulfide) groups is 1. The van der Waals surface area contributed by atoms with Gasteiger partial charge in [-0.3, -0.25) is 14.5 Å². The molecule has 1 aliphatic heterocycles. The molecule has 1 aromatic heterocycles. The molecule has 0 saturated carbocycles. The lowest BCUT2D eigenvalue weighted by Gasteiger charge is -2.12. The number of rotatable bonds is 7. The van der Waals surface area contributed by atoms with Gasteiger partial charge in [-0.05, 0) is 72.6 Å². The maximum absolute atomic E-state index is 12.8. The van der Waals surface area contributed by atoms with Crippen LogP contribution in [0.3, 0.4) is 0 Å². The first-order chi connectivity index (χ1) is 14.7. The minimum Gasteiger partial charge on any atom is -0.497 e. The van der Waals surface area contributed by atoms with Crippen molar-refractivity contribution in [2.24, 2.45) is 0 Å². The quantitative estimate of drug-likeness (QED) is 0.498. The van der Waals surface area contributed by atoms with Gasteiger partial charge in [0.05, 0.1) is 12.0 Å². The Labute approximate surface area is 180 Å². The van der Waals surface area contributed by atoms with E-state index in [1.165, 1.54) is 10.5 Å². The zero-order valence-corrected chi connectivity index (χ0v) is 17.5. The molecule has 1 saturated heterocycles. The average Bonchev–Trinajstić information content (AvgIpc) is 3.34. The van der Waals surface area contributed by atoms with E-state index in [4.69, 9.17) is 4.74 Å². The number of aromatic nitrogens is 1. The highest BCUT2D eigenvalue weighted by Gasteiger charge is 2.34. The number of benzene rings is 2. The summed E-state index contributed by atoms with van der Waals surface area (Å²) in [4.78, 5) is 27.0. The number of aryl methyl sites for hydroxylation is 1. The molecule has 6 heteroatoms. The Morgan fingerprint density at radius 1 is 0.967 bits per heavy atom. The summed E-state index contributed by atoms with van der Waals surface area (Å²) in [5, 5.41) is -0.207. The predicted octanol–water partition coefficient (Wildman–Crippen LogP) is 5.16. The van der Waals surface area contributed by atoms with Crippen molar-refractivity contribution >= 4 is 29.0 Å². The zero-order valence-electron chi connectivity index (χ0n) is 16.7. The van der Waals surface area contributed by atoms with Crippen molar-refractivity contribution in [1.82, 2.24) is 9.47 Å². The minimum absolute atomic E-state index is 0.207. The number of methoxy groups -OCH3 is 1. The summed E-state index contributed by atoms with van der Waals surface area (Å²) < 4.78 is 7.19. The molecule has 5 nitrogen and oxygen atoms in total. The number of amides is 2. The van der Waals surface area contributed by atoms with E-state index >= 15 is 0 Å². The Morgan fingerprint density at radius 2 is 1.73 bits per heavy atom. The van der Waals surface area contributed by atoms with Crippen LogP contribution in [0.5, 0.6) is 5.75 Å². The Morgan fingerprint density at radius 3 is 2.47 bits per heavy atom. The summed E-state index contributed by atoms with van der Waals surface area (Å²) in [5.74, 6) is 0.560. The molecule has 152 valence electrons. The van der Waals surface area contributed by atoms with E-state index < -0.39 is 0 Å². The van der Waals surface area contributed by atoms with Gasteiger partial charge in [0.1, 0.15) is 5.75 Å². The third kappa shape index (κ3) is 4.33. The lowest BCUT2D eigenvalue weighted by Crippen LogP contribution is -2.29. The molecule has 4 rings (SSSR count). The molecule has 0 unspecified atom stereocenters. The maximum Gasteiger partial charge on any atom is 0.293 e. The topological polar surface area (TPSA) is 51.5 Å². The fraction of sp³-hybridized carbons (Fsp3) is 0.167. The molecular formula is C24H22N2O3S. The Hall–Kier alpha value is -3.25. The zero-order chi connectivity index (χ0) is 20.9. The van der Waals surface area contributed by atoms with E-state index in [1.54, 1.807) is 13.2 Å². The number of hydrogen-bond acceptors (Lipinski definition) is 4. The first-order valence-electron chi connectivity index (χ1n) is 9.77. The predicted molar refractivity (Wildman–Crippen MR) is 120 cm³/mol. The van der Waals surface area contributed by atoms with Crippen molar-refractivity contribution in [2.75, 3.05) is 13.7 Å². The van der Waals surface area contributed by atoms with Crippen LogP contribution < -0.4 is 4.74 Å². The Bertz CT molecular complexity index is 1070. The molecule has 0 bridgehead atoms. The van der Waals surface area contributed by atoms with Gasteiger partial charge >= 0.3 is 0 Å². The van der Waals surface area contributed by atoms with Crippen LogP contribution in [-0.2, 0) is 11.2 Å². The largest absolute Gasteiger partial charge is 0.497 e. The summed E-state index contributed by atoms with van der Waals surface area (Å²) in [6.45, 7) is 0.427. The summed E-state index contributed by atoms with van der Waals surface area (Å²) >= 11 is 1.00. The number of carbonyl (C=O) groups is 2. The highest BCUT2D eigenvalue weighted by molar-refractivity contribution is 8.18. The van der Waals surface area contributed by atoms with Crippen molar-refractivity contribution in [1.29, 1.82) is 0 Å². The molecule has 0 N–H and O–H groups in total. The second-order valence-corrected chi connectivity index (χ2v) is 7.92. The van der Waals surface area contributed by atoms with Crippen LogP contribution in [0.2, 0.25) is 0 Å². The summed E-state index contributed by atoms with van der Waals surface area (Å²) in [6.07, 6.45) is 5.30. The van der Waals surface area contributed by atoms with Crippen LogP contribution in [0.4, 0.5) is 4.79 Å². The van der Waals surface area contributed by atoms with Crippen molar-refractivity contribution < 1.29 is 14.3 Å². The van der Waals surface area contributed by atoms with E-state index in [-0.39, 0.29) is 11.1 Å². The second-order valence-electron chi connectivity index (χ2n) is 6.92. The van der Waals surface area contributed by atoms with Gasteiger partial charge in [-0.25, -0.2) is 0 Å². The van der Waals surface area contributed by atoms with Crippen LogP contribution >= 0.6 is 11.8 Å². The normalized spacial score (nSPS) is 15.2. The molecule has 2 amide bonds. The molecule has 0 spiro atoms.